The van der Waals surface area contributed by atoms with Gasteiger partial charge in [-0.1, -0.05) is 20.3 Å². The Hall–Kier alpha value is -3.95. The van der Waals surface area contributed by atoms with Gasteiger partial charge in [0.25, 0.3) is 0 Å². The standard InChI is InChI=1S/C20H36N8O8/c1-3-9(2)15(19(35)36)28-18(34)12(8-13(22)29)27-17(33)11(5-4-6-25-20(23)24)26-16(32)10(21)7-14(30)31/h9-12,15H,3-8,21H2,1-2H3,(H2,22,29)(H,26,32)(H,27,33)(H,28,34)(H,30,31)(H,35,36)(H4,23,24,25). The van der Waals surface area contributed by atoms with Crippen LogP contribution in [-0.2, 0) is 28.8 Å². The van der Waals surface area contributed by atoms with Crippen LogP contribution in [0.25, 0.3) is 0 Å². The molecule has 0 radical (unpaired) electrons. The molecule has 16 heteroatoms. The first kappa shape index (κ1) is 32.0. The molecule has 36 heavy (non-hydrogen) atoms. The van der Waals surface area contributed by atoms with Gasteiger partial charge in [-0.3, -0.25) is 29.0 Å². The summed E-state index contributed by atoms with van der Waals surface area (Å²) < 4.78 is 0. The van der Waals surface area contributed by atoms with E-state index in [0.29, 0.717) is 6.42 Å². The SMILES string of the molecule is CCC(C)C(NC(=O)C(CC(N)=O)NC(=O)C(CCCN=C(N)N)NC(=O)C(N)CC(=O)O)C(=O)O. The quantitative estimate of drug-likeness (QED) is 0.0514. The average molecular weight is 517 g/mol. The van der Waals surface area contributed by atoms with E-state index in [1.807, 2.05) is 0 Å². The number of carboxylic acid groups (broad SMARTS) is 2. The molecule has 0 bridgehead atoms. The van der Waals surface area contributed by atoms with Gasteiger partial charge in [-0.2, -0.15) is 0 Å². The lowest BCUT2D eigenvalue weighted by Gasteiger charge is -2.26. The molecule has 4 amide bonds. The number of primary amides is 1. The summed E-state index contributed by atoms with van der Waals surface area (Å²) >= 11 is 0. The van der Waals surface area contributed by atoms with Gasteiger partial charge in [0.1, 0.15) is 18.1 Å². The van der Waals surface area contributed by atoms with Gasteiger partial charge in [0.05, 0.1) is 18.9 Å². The molecular weight excluding hydrogens is 480 g/mol. The molecule has 13 N–H and O–H groups in total. The lowest BCUT2D eigenvalue weighted by Crippen LogP contribution is -2.58. The van der Waals surface area contributed by atoms with Crippen LogP contribution in [0.3, 0.4) is 0 Å². The van der Waals surface area contributed by atoms with Crippen LogP contribution in [0.4, 0.5) is 0 Å². The number of nitrogens with zero attached hydrogens (tertiary/aromatic N) is 1. The molecule has 0 aromatic heterocycles. The largest absolute Gasteiger partial charge is 0.481 e. The van der Waals surface area contributed by atoms with Crippen LogP contribution >= 0.6 is 0 Å². The molecule has 0 rings (SSSR count). The molecule has 0 aliphatic rings. The zero-order chi connectivity index (χ0) is 28.0. The van der Waals surface area contributed by atoms with Crippen molar-refractivity contribution >= 4 is 41.5 Å². The summed E-state index contributed by atoms with van der Waals surface area (Å²) in [6, 6.07) is -5.63. The zero-order valence-corrected chi connectivity index (χ0v) is 20.2. The second-order valence-electron chi connectivity index (χ2n) is 8.16. The number of carbonyl (C=O) groups is 6. The van der Waals surface area contributed by atoms with Crippen molar-refractivity contribution in [3.8, 4) is 0 Å². The highest BCUT2D eigenvalue weighted by molar-refractivity contribution is 5.96. The molecule has 0 aliphatic carbocycles. The Labute approximate surface area is 207 Å². The molecule has 0 saturated carbocycles. The maximum absolute atomic E-state index is 12.9. The number of aliphatic carboxylic acids is 2. The maximum atomic E-state index is 12.9. The molecule has 0 aromatic rings. The first-order valence-corrected chi connectivity index (χ1v) is 11.1. The molecule has 0 aliphatic heterocycles. The highest BCUT2D eigenvalue weighted by Gasteiger charge is 2.32. The Morgan fingerprint density at radius 2 is 1.42 bits per heavy atom. The molecule has 5 atom stereocenters. The highest BCUT2D eigenvalue weighted by Crippen LogP contribution is 2.09. The number of carboxylic acids is 2. The average Bonchev–Trinajstić information content (AvgIpc) is 2.76. The molecule has 204 valence electrons. The predicted octanol–water partition coefficient (Wildman–Crippen LogP) is -3.70. The van der Waals surface area contributed by atoms with Gasteiger partial charge in [-0.25, -0.2) is 4.79 Å². The Morgan fingerprint density at radius 1 is 0.861 bits per heavy atom. The topological polar surface area (TPSA) is 295 Å². The lowest BCUT2D eigenvalue weighted by molar-refractivity contribution is -0.144. The summed E-state index contributed by atoms with van der Waals surface area (Å²) in [4.78, 5) is 75.6. The third-order valence-electron chi connectivity index (χ3n) is 5.12. The van der Waals surface area contributed by atoms with E-state index in [4.69, 9.17) is 28.0 Å². The van der Waals surface area contributed by atoms with Crippen molar-refractivity contribution in [1.29, 1.82) is 0 Å². The third kappa shape index (κ3) is 12.5. The molecule has 0 heterocycles. The molecule has 5 unspecified atom stereocenters. The van der Waals surface area contributed by atoms with Gasteiger partial charge in [0.15, 0.2) is 5.96 Å². The first-order chi connectivity index (χ1) is 16.7. The Balaban J connectivity index is 5.69. The van der Waals surface area contributed by atoms with Crippen molar-refractivity contribution in [1.82, 2.24) is 16.0 Å². The number of hydrogen-bond acceptors (Lipinski definition) is 8. The smallest absolute Gasteiger partial charge is 0.326 e. The number of nitrogens with one attached hydrogen (secondary N) is 3. The lowest BCUT2D eigenvalue weighted by atomic mass is 9.98. The predicted molar refractivity (Wildman–Crippen MR) is 127 cm³/mol. The van der Waals surface area contributed by atoms with Crippen LogP contribution in [0.5, 0.6) is 0 Å². The molecule has 16 nitrogen and oxygen atoms in total. The number of hydrogen-bond donors (Lipinski definition) is 9. The van der Waals surface area contributed by atoms with Crippen LogP contribution in [-0.4, -0.2) is 82.5 Å². The van der Waals surface area contributed by atoms with E-state index in [-0.39, 0.29) is 25.3 Å². The van der Waals surface area contributed by atoms with E-state index in [2.05, 4.69) is 20.9 Å². The normalized spacial score (nSPS) is 14.8. The number of nitrogens with two attached hydrogens (primary N) is 4. The Bertz CT molecular complexity index is 846. The number of aliphatic imine (C=N–C) groups is 1. The molecule has 0 spiro atoms. The van der Waals surface area contributed by atoms with Gasteiger partial charge >= 0.3 is 11.9 Å². The second-order valence-corrected chi connectivity index (χ2v) is 8.16. The number of guanidine groups is 1. The minimum absolute atomic E-state index is 0.0519. The van der Waals surface area contributed by atoms with Crippen molar-refractivity contribution in [2.75, 3.05) is 6.54 Å². The van der Waals surface area contributed by atoms with Gasteiger partial charge in [0.2, 0.25) is 23.6 Å². The van der Waals surface area contributed by atoms with Gasteiger partial charge in [-0.15, -0.1) is 0 Å². The summed E-state index contributed by atoms with van der Waals surface area (Å²) in [5.41, 5.74) is 21.2. The van der Waals surface area contributed by atoms with Gasteiger partial charge in [0, 0.05) is 6.54 Å². The minimum atomic E-state index is -1.55. The number of rotatable bonds is 17. The molecular formula is C20H36N8O8. The summed E-state index contributed by atoms with van der Waals surface area (Å²) in [6.07, 6.45) is -0.800. The van der Waals surface area contributed by atoms with E-state index < -0.39 is 78.5 Å². The molecule has 0 aromatic carbocycles. The zero-order valence-electron chi connectivity index (χ0n) is 20.2. The van der Waals surface area contributed by atoms with Gasteiger partial charge in [-0.05, 0) is 18.8 Å². The molecule has 0 saturated heterocycles. The van der Waals surface area contributed by atoms with Crippen LogP contribution < -0.4 is 38.9 Å². The summed E-state index contributed by atoms with van der Waals surface area (Å²) in [6.45, 7) is 3.41. The Kier molecular flexibility index (Phi) is 14.1. The fourth-order valence-electron chi connectivity index (χ4n) is 2.95. The van der Waals surface area contributed by atoms with Crippen molar-refractivity contribution < 1.29 is 39.0 Å². The van der Waals surface area contributed by atoms with Crippen LogP contribution in [0.15, 0.2) is 4.99 Å². The number of carbonyl (C=O) groups excluding carboxylic acids is 4. The third-order valence-corrected chi connectivity index (χ3v) is 5.12. The highest BCUT2D eigenvalue weighted by atomic mass is 16.4. The van der Waals surface area contributed by atoms with Gasteiger partial charge < -0.3 is 49.1 Å². The van der Waals surface area contributed by atoms with Crippen molar-refractivity contribution in [3.63, 3.8) is 0 Å². The van der Waals surface area contributed by atoms with Crippen LogP contribution in [0.2, 0.25) is 0 Å². The Morgan fingerprint density at radius 3 is 1.89 bits per heavy atom. The first-order valence-electron chi connectivity index (χ1n) is 11.1. The number of amides is 4. The van der Waals surface area contributed by atoms with Crippen LogP contribution in [0, 0.1) is 5.92 Å². The van der Waals surface area contributed by atoms with Crippen molar-refractivity contribution in [2.45, 2.75) is 70.1 Å². The maximum Gasteiger partial charge on any atom is 0.326 e. The molecule has 0 fully saturated rings. The monoisotopic (exact) mass is 516 g/mol. The van der Waals surface area contributed by atoms with E-state index >= 15 is 0 Å². The van der Waals surface area contributed by atoms with Crippen molar-refractivity contribution in [2.24, 2.45) is 33.8 Å². The fraction of sp³-hybridized carbons (Fsp3) is 0.650. The van der Waals surface area contributed by atoms with Crippen LogP contribution in [0.1, 0.15) is 46.0 Å². The van der Waals surface area contributed by atoms with Crippen molar-refractivity contribution in [3.05, 3.63) is 0 Å². The van der Waals surface area contributed by atoms with E-state index in [1.165, 1.54) is 0 Å². The summed E-state index contributed by atoms with van der Waals surface area (Å²) in [5.74, 6) is -7.10. The van der Waals surface area contributed by atoms with E-state index in [0.717, 1.165) is 0 Å². The minimum Gasteiger partial charge on any atom is -0.481 e. The fourth-order valence-corrected chi connectivity index (χ4v) is 2.95. The summed E-state index contributed by atoms with van der Waals surface area (Å²) in [5, 5.41) is 25.1. The van der Waals surface area contributed by atoms with E-state index in [1.54, 1.807) is 13.8 Å². The second kappa shape index (κ2) is 15.9. The summed E-state index contributed by atoms with van der Waals surface area (Å²) in [7, 11) is 0. The van der Waals surface area contributed by atoms with E-state index in [9.17, 15) is 33.9 Å².